The Morgan fingerprint density at radius 3 is 2.35 bits per heavy atom. The smallest absolute Gasteiger partial charge is 0.323 e. The second-order valence-electron chi connectivity index (χ2n) is 3.83. The molecule has 0 saturated carbocycles. The molecule has 6 N–H and O–H groups in total. The summed E-state index contributed by atoms with van der Waals surface area (Å²) in [5, 5.41) is 10.5. The second kappa shape index (κ2) is 9.15. The van der Waals surface area contributed by atoms with Gasteiger partial charge in [-0.1, -0.05) is 0 Å². The number of amides is 2. The molecule has 1 unspecified atom stereocenters. The molecule has 9 nitrogen and oxygen atoms in total. The van der Waals surface area contributed by atoms with E-state index < -0.39 is 42.4 Å². The number of primary amides is 1. The number of carbonyl (C=O) groups excluding carboxylic acids is 3. The van der Waals surface area contributed by atoms with E-state index in [0.29, 0.717) is 0 Å². The van der Waals surface area contributed by atoms with E-state index in [0.717, 1.165) is 0 Å². The number of thiol groups is 1. The van der Waals surface area contributed by atoms with Crippen LogP contribution in [-0.2, 0) is 23.9 Å². The molecule has 10 heteroatoms. The molecule has 0 heterocycles. The molecule has 0 aliphatic rings. The summed E-state index contributed by atoms with van der Waals surface area (Å²) < 4.78 is 4.79. The van der Waals surface area contributed by atoms with Gasteiger partial charge in [-0.25, -0.2) is 0 Å². The van der Waals surface area contributed by atoms with Crippen LogP contribution < -0.4 is 16.8 Å². The maximum absolute atomic E-state index is 11.5. The van der Waals surface area contributed by atoms with E-state index in [1.165, 1.54) is 0 Å². The van der Waals surface area contributed by atoms with Gasteiger partial charge in [-0.15, -0.1) is 0 Å². The number of carboxylic acids is 1. The van der Waals surface area contributed by atoms with Crippen LogP contribution in [-0.4, -0.2) is 53.3 Å². The Bertz CT molecular complexity index is 389. The molecule has 2 atom stereocenters. The summed E-state index contributed by atoms with van der Waals surface area (Å²) in [4.78, 5) is 43.9. The van der Waals surface area contributed by atoms with Crippen LogP contribution >= 0.6 is 12.6 Å². The van der Waals surface area contributed by atoms with Gasteiger partial charge < -0.3 is 26.6 Å². The highest BCUT2D eigenvalue weighted by Gasteiger charge is 2.25. The summed E-state index contributed by atoms with van der Waals surface area (Å²) >= 11 is 3.83. The third kappa shape index (κ3) is 7.59. The predicted molar refractivity (Wildman–Crippen MR) is 70.8 cm³/mol. The third-order valence-electron chi connectivity index (χ3n) is 2.14. The lowest BCUT2D eigenvalue weighted by molar-refractivity contribution is -0.156. The van der Waals surface area contributed by atoms with Crippen LogP contribution in [0, 0.1) is 0 Å². The predicted octanol–water partition coefficient (Wildman–Crippen LogP) is -2.38. The van der Waals surface area contributed by atoms with Gasteiger partial charge in [0.1, 0.15) is 12.6 Å². The van der Waals surface area contributed by atoms with Gasteiger partial charge in [0.15, 0.2) is 6.10 Å². The summed E-state index contributed by atoms with van der Waals surface area (Å²) in [5.41, 5.74) is 10.4. The minimum atomic E-state index is -1.26. The molecule has 20 heavy (non-hydrogen) atoms. The van der Waals surface area contributed by atoms with Crippen LogP contribution in [0.2, 0.25) is 0 Å². The number of rotatable bonds is 9. The number of nitrogens with one attached hydrogen (secondary N) is 1. The van der Waals surface area contributed by atoms with E-state index in [9.17, 15) is 19.2 Å². The SMILES string of the molecule is NC(=O)CC[C@H](N)C(=O)OC(CS)C(=O)NCC(=O)O. The molecule has 0 bridgehead atoms. The molecule has 0 saturated heterocycles. The fourth-order valence-electron chi connectivity index (χ4n) is 1.09. The first-order valence-electron chi connectivity index (χ1n) is 5.62. The number of carboxylic acid groups (broad SMARTS) is 1. The van der Waals surface area contributed by atoms with Crippen LogP contribution in [0.15, 0.2) is 0 Å². The maximum Gasteiger partial charge on any atom is 0.323 e. The Morgan fingerprint density at radius 2 is 1.90 bits per heavy atom. The zero-order valence-corrected chi connectivity index (χ0v) is 11.5. The normalized spacial score (nSPS) is 13.1. The first kappa shape index (κ1) is 18.2. The third-order valence-corrected chi connectivity index (χ3v) is 2.47. The van der Waals surface area contributed by atoms with Crippen LogP contribution in [0.4, 0.5) is 0 Å². The second-order valence-corrected chi connectivity index (χ2v) is 4.20. The van der Waals surface area contributed by atoms with Crippen molar-refractivity contribution in [1.29, 1.82) is 0 Å². The summed E-state index contributed by atoms with van der Waals surface area (Å²) in [5.74, 6) is -3.67. The molecule has 0 aromatic rings. The minimum Gasteiger partial charge on any atom is -0.480 e. The van der Waals surface area contributed by atoms with Gasteiger partial charge in [0, 0.05) is 12.2 Å². The zero-order valence-electron chi connectivity index (χ0n) is 10.6. The molecule has 2 amide bonds. The number of carbonyl (C=O) groups is 4. The van der Waals surface area contributed by atoms with E-state index in [-0.39, 0.29) is 18.6 Å². The van der Waals surface area contributed by atoms with Crippen LogP contribution in [0.25, 0.3) is 0 Å². The van der Waals surface area contributed by atoms with Gasteiger partial charge in [0.2, 0.25) is 5.91 Å². The molecule has 0 radical (unpaired) electrons. The fraction of sp³-hybridized carbons (Fsp3) is 0.600. The quantitative estimate of drug-likeness (QED) is 0.235. The lowest BCUT2D eigenvalue weighted by Gasteiger charge is -2.17. The Hall–Kier alpha value is -1.81. The zero-order chi connectivity index (χ0) is 15.7. The highest BCUT2D eigenvalue weighted by molar-refractivity contribution is 7.80. The summed E-state index contributed by atoms with van der Waals surface area (Å²) in [6, 6.07) is -1.10. The molecule has 0 fully saturated rings. The van der Waals surface area contributed by atoms with Crippen molar-refractivity contribution < 1.29 is 29.0 Å². The minimum absolute atomic E-state index is 0.00972. The Morgan fingerprint density at radius 1 is 1.30 bits per heavy atom. The van der Waals surface area contributed by atoms with Crippen molar-refractivity contribution in [3.63, 3.8) is 0 Å². The van der Waals surface area contributed by atoms with Crippen LogP contribution in [0.3, 0.4) is 0 Å². The van der Waals surface area contributed by atoms with Crippen LogP contribution in [0.5, 0.6) is 0 Å². The van der Waals surface area contributed by atoms with Gasteiger partial charge in [-0.2, -0.15) is 12.6 Å². The molecule has 0 aliphatic heterocycles. The molecule has 0 spiro atoms. The molecule has 0 aromatic heterocycles. The van der Waals surface area contributed by atoms with Crippen molar-refractivity contribution in [2.75, 3.05) is 12.3 Å². The van der Waals surface area contributed by atoms with Gasteiger partial charge in [0.05, 0.1) is 0 Å². The lowest BCUT2D eigenvalue weighted by atomic mass is 10.1. The van der Waals surface area contributed by atoms with Gasteiger partial charge in [-0.05, 0) is 6.42 Å². The van der Waals surface area contributed by atoms with Gasteiger partial charge in [0.25, 0.3) is 5.91 Å². The highest BCUT2D eigenvalue weighted by Crippen LogP contribution is 2.02. The van der Waals surface area contributed by atoms with E-state index in [1.54, 1.807) is 0 Å². The maximum atomic E-state index is 11.5. The van der Waals surface area contributed by atoms with Crippen molar-refractivity contribution in [1.82, 2.24) is 5.32 Å². The van der Waals surface area contributed by atoms with E-state index in [1.807, 2.05) is 5.32 Å². The number of ether oxygens (including phenoxy) is 1. The topological polar surface area (TPSA) is 162 Å². The molecule has 0 aliphatic carbocycles. The number of hydrogen-bond donors (Lipinski definition) is 5. The largest absolute Gasteiger partial charge is 0.480 e. The molecular weight excluding hydrogens is 290 g/mol. The van der Waals surface area contributed by atoms with Gasteiger partial charge in [-0.3, -0.25) is 19.2 Å². The van der Waals surface area contributed by atoms with Crippen molar-refractivity contribution >= 4 is 36.4 Å². The monoisotopic (exact) mass is 307 g/mol. The van der Waals surface area contributed by atoms with Crippen molar-refractivity contribution in [3.05, 3.63) is 0 Å². The number of esters is 1. The lowest BCUT2D eigenvalue weighted by Crippen LogP contribution is -2.44. The van der Waals surface area contributed by atoms with Crippen molar-refractivity contribution in [3.8, 4) is 0 Å². The standard InChI is InChI=1S/C10H17N3O6S/c11-5(1-2-7(12)14)10(18)19-6(4-20)9(17)13-3-8(15)16/h5-6,20H,1-4,11H2,(H2,12,14)(H,13,17)(H,15,16)/t5-,6?/m0/s1. The Labute approximate surface area is 120 Å². The van der Waals surface area contributed by atoms with E-state index >= 15 is 0 Å². The van der Waals surface area contributed by atoms with Crippen molar-refractivity contribution in [2.24, 2.45) is 11.5 Å². The summed E-state index contributed by atoms with van der Waals surface area (Å²) in [7, 11) is 0. The van der Waals surface area contributed by atoms with E-state index in [4.69, 9.17) is 21.3 Å². The van der Waals surface area contributed by atoms with E-state index in [2.05, 4.69) is 12.6 Å². The average Bonchev–Trinajstić information content (AvgIpc) is 2.38. The Balaban J connectivity index is 4.33. The van der Waals surface area contributed by atoms with Crippen LogP contribution in [0.1, 0.15) is 12.8 Å². The molecular formula is C10H17N3O6S. The van der Waals surface area contributed by atoms with Gasteiger partial charge >= 0.3 is 11.9 Å². The molecule has 0 rings (SSSR count). The number of aliphatic carboxylic acids is 1. The molecule has 0 aromatic carbocycles. The average molecular weight is 307 g/mol. The number of hydrogen-bond acceptors (Lipinski definition) is 7. The molecule has 114 valence electrons. The van der Waals surface area contributed by atoms with Crippen molar-refractivity contribution in [2.45, 2.75) is 25.0 Å². The fourth-order valence-corrected chi connectivity index (χ4v) is 1.33. The summed E-state index contributed by atoms with van der Waals surface area (Å²) in [6.07, 6.45) is -1.36. The first-order chi connectivity index (χ1) is 9.27. The number of nitrogens with two attached hydrogens (primary N) is 2. The summed E-state index contributed by atoms with van der Waals surface area (Å²) in [6.45, 7) is -0.603. The highest BCUT2D eigenvalue weighted by atomic mass is 32.1. The first-order valence-corrected chi connectivity index (χ1v) is 6.26. The Kier molecular flexibility index (Phi) is 8.32.